The van der Waals surface area contributed by atoms with Gasteiger partial charge in [0.1, 0.15) is 10.7 Å². The highest BCUT2D eigenvalue weighted by molar-refractivity contribution is 9.10. The monoisotopic (exact) mass is 388 g/mol. The smallest absolute Gasteiger partial charge is 0.269 e. The number of hydrogen-bond donors (Lipinski definition) is 3. The molecule has 0 spiro atoms. The third kappa shape index (κ3) is 4.09. The van der Waals surface area contributed by atoms with Crippen LogP contribution in [0.1, 0.15) is 23.5 Å². The maximum absolute atomic E-state index is 12.3. The van der Waals surface area contributed by atoms with E-state index in [1.54, 1.807) is 18.2 Å². The van der Waals surface area contributed by atoms with Crippen molar-refractivity contribution in [1.82, 2.24) is 4.98 Å². The molecule has 0 bridgehead atoms. The average molecular weight is 390 g/mol. The highest BCUT2D eigenvalue weighted by atomic mass is 79.9. The van der Waals surface area contributed by atoms with Gasteiger partial charge in [-0.25, -0.2) is 4.98 Å². The number of aromatic nitrogens is 1. The number of halogens is 2. The van der Waals surface area contributed by atoms with Gasteiger partial charge in [0.15, 0.2) is 5.13 Å². The largest absolute Gasteiger partial charge is 0.382 e. The van der Waals surface area contributed by atoms with Crippen LogP contribution in [0.4, 0.5) is 16.6 Å². The maximum atomic E-state index is 12.3. The van der Waals surface area contributed by atoms with Gasteiger partial charge in [0.05, 0.1) is 5.69 Å². The van der Waals surface area contributed by atoms with Crippen LogP contribution in [0, 0.1) is 0 Å². The van der Waals surface area contributed by atoms with Crippen molar-refractivity contribution < 1.29 is 4.79 Å². The summed E-state index contributed by atoms with van der Waals surface area (Å²) in [5.74, 6) is -0.108. The number of hydrogen-bond acceptors (Lipinski definition) is 5. The second-order valence-corrected chi connectivity index (χ2v) is 6.90. The van der Waals surface area contributed by atoms with Crippen LogP contribution in [0.5, 0.6) is 0 Å². The molecule has 112 valence electrons. The average Bonchev–Trinajstić information content (AvgIpc) is 2.74. The Labute approximate surface area is 140 Å². The predicted octanol–water partition coefficient (Wildman–Crippen LogP) is 4.21. The minimum Gasteiger partial charge on any atom is -0.382 e. The summed E-state index contributed by atoms with van der Waals surface area (Å²) in [5, 5.41) is 7.05. The molecule has 5 nitrogen and oxygen atoms in total. The first-order chi connectivity index (χ1) is 9.86. The number of nitrogens with zero attached hydrogens (tertiary/aromatic N) is 1. The summed E-state index contributed by atoms with van der Waals surface area (Å²) in [4.78, 5) is 16.8. The minimum absolute atomic E-state index is 0.207. The summed E-state index contributed by atoms with van der Waals surface area (Å²) < 4.78 is 0.740. The molecule has 8 heteroatoms. The molecule has 1 aromatic heterocycles. The fourth-order valence-corrected chi connectivity index (χ4v) is 3.02. The van der Waals surface area contributed by atoms with Gasteiger partial charge >= 0.3 is 0 Å². The van der Waals surface area contributed by atoms with E-state index in [2.05, 4.69) is 31.5 Å². The molecule has 0 fully saturated rings. The van der Waals surface area contributed by atoms with Gasteiger partial charge in [-0.15, -0.1) is 0 Å². The molecule has 1 amide bonds. The molecular formula is C13H14BrClN4OS. The molecule has 1 heterocycles. The zero-order chi connectivity index (χ0) is 15.6. The number of benzene rings is 1. The fourth-order valence-electron chi connectivity index (χ4n) is 1.58. The molecule has 2 aromatic rings. The Hall–Kier alpha value is -1.31. The van der Waals surface area contributed by atoms with Gasteiger partial charge in [0.2, 0.25) is 0 Å². The van der Waals surface area contributed by atoms with E-state index in [4.69, 9.17) is 17.3 Å². The van der Waals surface area contributed by atoms with E-state index in [-0.39, 0.29) is 17.8 Å². The zero-order valence-corrected chi connectivity index (χ0v) is 14.6. The summed E-state index contributed by atoms with van der Waals surface area (Å²) in [7, 11) is 0. The van der Waals surface area contributed by atoms with Crippen LogP contribution >= 0.6 is 38.9 Å². The van der Waals surface area contributed by atoms with Gasteiger partial charge in [-0.2, -0.15) is 0 Å². The number of rotatable bonds is 4. The Morgan fingerprint density at radius 2 is 2.19 bits per heavy atom. The third-order valence-electron chi connectivity index (χ3n) is 2.45. The lowest BCUT2D eigenvalue weighted by molar-refractivity contribution is 0.103. The predicted molar refractivity (Wildman–Crippen MR) is 92.4 cm³/mol. The summed E-state index contributed by atoms with van der Waals surface area (Å²) in [6.07, 6.45) is 0. The third-order valence-corrected chi connectivity index (χ3v) is 4.38. The SMILES string of the molecule is CC(C)Nc1nc(N)c(C(=O)Nc2cc(Cl)ccc2Br)s1. The lowest BCUT2D eigenvalue weighted by atomic mass is 10.3. The van der Waals surface area contributed by atoms with Crippen molar-refractivity contribution in [2.45, 2.75) is 19.9 Å². The Morgan fingerprint density at radius 3 is 2.86 bits per heavy atom. The van der Waals surface area contributed by atoms with E-state index in [1.165, 1.54) is 11.3 Å². The number of nitrogens with one attached hydrogen (secondary N) is 2. The molecule has 1 aromatic carbocycles. The minimum atomic E-state index is -0.315. The molecule has 0 atom stereocenters. The number of anilines is 3. The van der Waals surface area contributed by atoms with Crippen LogP contribution in [-0.2, 0) is 0 Å². The van der Waals surface area contributed by atoms with E-state index in [9.17, 15) is 4.79 Å². The maximum Gasteiger partial charge on any atom is 0.269 e. The van der Waals surface area contributed by atoms with Gasteiger partial charge in [-0.3, -0.25) is 4.79 Å². The van der Waals surface area contributed by atoms with Crippen molar-refractivity contribution in [1.29, 1.82) is 0 Å². The van der Waals surface area contributed by atoms with Crippen LogP contribution in [-0.4, -0.2) is 16.9 Å². The Balaban J connectivity index is 2.20. The molecule has 0 radical (unpaired) electrons. The van der Waals surface area contributed by atoms with Crippen molar-refractivity contribution in [2.75, 3.05) is 16.4 Å². The standard InChI is InChI=1S/C13H14BrClN4OS/c1-6(2)17-13-19-11(16)10(21-13)12(20)18-9-5-7(15)3-4-8(9)14/h3-6H,16H2,1-2H3,(H,17,19)(H,18,20). The van der Waals surface area contributed by atoms with Crippen LogP contribution in [0.2, 0.25) is 5.02 Å². The lowest BCUT2D eigenvalue weighted by Crippen LogP contribution is -2.12. The van der Waals surface area contributed by atoms with Crippen molar-refractivity contribution in [3.05, 3.63) is 32.6 Å². The molecule has 21 heavy (non-hydrogen) atoms. The highest BCUT2D eigenvalue weighted by Gasteiger charge is 2.17. The molecule has 0 aliphatic rings. The van der Waals surface area contributed by atoms with E-state index < -0.39 is 0 Å². The quantitative estimate of drug-likeness (QED) is 0.731. The van der Waals surface area contributed by atoms with Gasteiger partial charge in [-0.05, 0) is 48.0 Å². The van der Waals surface area contributed by atoms with Gasteiger partial charge < -0.3 is 16.4 Å². The number of thiazole rings is 1. The molecule has 0 saturated heterocycles. The summed E-state index contributed by atoms with van der Waals surface area (Å²) in [6, 6.07) is 5.37. The topological polar surface area (TPSA) is 80.0 Å². The van der Waals surface area contributed by atoms with E-state index in [1.807, 2.05) is 13.8 Å². The van der Waals surface area contributed by atoms with Crippen molar-refractivity contribution in [2.24, 2.45) is 0 Å². The number of carbonyl (C=O) groups is 1. The van der Waals surface area contributed by atoms with Gasteiger partial charge in [0, 0.05) is 15.5 Å². The summed E-state index contributed by atoms with van der Waals surface area (Å²) in [6.45, 7) is 3.97. The van der Waals surface area contributed by atoms with E-state index >= 15 is 0 Å². The Morgan fingerprint density at radius 1 is 1.48 bits per heavy atom. The highest BCUT2D eigenvalue weighted by Crippen LogP contribution is 2.29. The van der Waals surface area contributed by atoms with Crippen molar-refractivity contribution >= 4 is 61.4 Å². The van der Waals surface area contributed by atoms with Crippen LogP contribution in [0.25, 0.3) is 0 Å². The number of nitrogen functional groups attached to an aromatic ring is 1. The second kappa shape index (κ2) is 6.64. The van der Waals surface area contributed by atoms with Crippen LogP contribution in [0.15, 0.2) is 22.7 Å². The molecule has 0 aliphatic heterocycles. The normalized spacial score (nSPS) is 10.7. The van der Waals surface area contributed by atoms with E-state index in [0.717, 1.165) is 4.47 Å². The van der Waals surface area contributed by atoms with Crippen molar-refractivity contribution in [3.63, 3.8) is 0 Å². The number of nitrogens with two attached hydrogens (primary N) is 1. The zero-order valence-electron chi connectivity index (χ0n) is 11.4. The Bertz CT molecular complexity index is 674. The number of carbonyl (C=O) groups excluding carboxylic acids is 1. The molecule has 4 N–H and O–H groups in total. The van der Waals surface area contributed by atoms with Crippen LogP contribution in [0.3, 0.4) is 0 Å². The Kier molecular flexibility index (Phi) is 5.08. The first-order valence-electron chi connectivity index (χ1n) is 6.16. The molecule has 0 unspecified atom stereocenters. The first-order valence-corrected chi connectivity index (χ1v) is 8.15. The van der Waals surface area contributed by atoms with Crippen LogP contribution < -0.4 is 16.4 Å². The number of amides is 1. The molecule has 2 rings (SSSR count). The second-order valence-electron chi connectivity index (χ2n) is 4.61. The molecular weight excluding hydrogens is 376 g/mol. The fraction of sp³-hybridized carbons (Fsp3) is 0.231. The summed E-state index contributed by atoms with van der Waals surface area (Å²) >= 11 is 10.5. The van der Waals surface area contributed by atoms with Crippen molar-refractivity contribution in [3.8, 4) is 0 Å². The summed E-state index contributed by atoms with van der Waals surface area (Å²) in [5.41, 5.74) is 6.38. The van der Waals surface area contributed by atoms with E-state index in [0.29, 0.717) is 20.7 Å². The van der Waals surface area contributed by atoms with Gasteiger partial charge in [-0.1, -0.05) is 22.9 Å². The molecule has 0 saturated carbocycles. The molecule has 0 aliphatic carbocycles. The van der Waals surface area contributed by atoms with Gasteiger partial charge in [0.25, 0.3) is 5.91 Å². The first kappa shape index (κ1) is 16.1. The lowest BCUT2D eigenvalue weighted by Gasteiger charge is -2.07.